The predicted octanol–water partition coefficient (Wildman–Crippen LogP) is 2.68. The van der Waals surface area contributed by atoms with Crippen LogP contribution in [0.15, 0.2) is 29.2 Å². The summed E-state index contributed by atoms with van der Waals surface area (Å²) in [6.45, 7) is 1.90. The van der Waals surface area contributed by atoms with Crippen LogP contribution in [0.3, 0.4) is 0 Å². The molecular weight excluding hydrogens is 281 g/mol. The van der Waals surface area contributed by atoms with Crippen LogP contribution < -0.4 is 0 Å². The smallest absolute Gasteiger partial charge is 0.393 e. The summed E-state index contributed by atoms with van der Waals surface area (Å²) in [6.07, 6.45) is 1.10. The summed E-state index contributed by atoms with van der Waals surface area (Å²) in [4.78, 5) is -0.784. The highest BCUT2D eigenvalue weighted by Gasteiger charge is 2.46. The SMILES string of the molecule is CCCC(O)Cc1ccc(S(=O)(=O)C(F)(F)F)cc1. The third-order valence-corrected chi connectivity index (χ3v) is 4.13. The second-order valence-electron chi connectivity index (χ2n) is 4.24. The van der Waals surface area contributed by atoms with Gasteiger partial charge in [0.2, 0.25) is 0 Å². The molecule has 1 rings (SSSR count). The van der Waals surface area contributed by atoms with Crippen molar-refractivity contribution in [3.63, 3.8) is 0 Å². The molecule has 0 saturated carbocycles. The van der Waals surface area contributed by atoms with Gasteiger partial charge >= 0.3 is 5.51 Å². The Hall–Kier alpha value is -1.08. The molecule has 0 heterocycles. The topological polar surface area (TPSA) is 54.4 Å². The minimum absolute atomic E-state index is 0.292. The van der Waals surface area contributed by atoms with Crippen LogP contribution >= 0.6 is 0 Å². The lowest BCUT2D eigenvalue weighted by molar-refractivity contribution is -0.0436. The summed E-state index contributed by atoms with van der Waals surface area (Å²) in [5.41, 5.74) is -4.70. The number of alkyl halides is 3. The van der Waals surface area contributed by atoms with E-state index < -0.39 is 26.3 Å². The molecule has 19 heavy (non-hydrogen) atoms. The van der Waals surface area contributed by atoms with Crippen molar-refractivity contribution < 1.29 is 26.7 Å². The van der Waals surface area contributed by atoms with Crippen LogP contribution in [0.25, 0.3) is 0 Å². The molecule has 0 aliphatic heterocycles. The number of hydrogen-bond donors (Lipinski definition) is 1. The van der Waals surface area contributed by atoms with E-state index in [0.29, 0.717) is 18.4 Å². The zero-order valence-electron chi connectivity index (χ0n) is 10.3. The summed E-state index contributed by atoms with van der Waals surface area (Å²) in [6, 6.07) is 4.41. The van der Waals surface area contributed by atoms with Gasteiger partial charge in [0, 0.05) is 0 Å². The highest BCUT2D eigenvalue weighted by molar-refractivity contribution is 7.92. The van der Waals surface area contributed by atoms with Gasteiger partial charge in [-0.1, -0.05) is 25.5 Å². The van der Waals surface area contributed by atoms with E-state index in [9.17, 15) is 26.7 Å². The summed E-state index contributed by atoms with van der Waals surface area (Å²) in [5, 5.41) is 9.56. The Kier molecular flexibility index (Phi) is 4.98. The second-order valence-corrected chi connectivity index (χ2v) is 6.18. The zero-order chi connectivity index (χ0) is 14.7. The maximum Gasteiger partial charge on any atom is 0.501 e. The van der Waals surface area contributed by atoms with Gasteiger partial charge in [-0.3, -0.25) is 0 Å². The summed E-state index contributed by atoms with van der Waals surface area (Å²) >= 11 is 0. The van der Waals surface area contributed by atoms with E-state index in [4.69, 9.17) is 0 Å². The molecule has 7 heteroatoms. The first-order valence-corrected chi connectivity index (χ1v) is 7.25. The Balaban J connectivity index is 2.89. The Morgan fingerprint density at radius 2 is 1.74 bits per heavy atom. The van der Waals surface area contributed by atoms with Crippen LogP contribution in [0.5, 0.6) is 0 Å². The van der Waals surface area contributed by atoms with Gasteiger partial charge in [0.05, 0.1) is 11.0 Å². The van der Waals surface area contributed by atoms with E-state index in [2.05, 4.69) is 0 Å². The molecule has 0 bridgehead atoms. The van der Waals surface area contributed by atoms with Gasteiger partial charge in [0.1, 0.15) is 0 Å². The summed E-state index contributed by atoms with van der Waals surface area (Å²) in [7, 11) is -5.29. The number of sulfone groups is 1. The molecule has 0 aliphatic carbocycles. The van der Waals surface area contributed by atoms with E-state index in [-0.39, 0.29) is 0 Å². The number of halogens is 3. The molecule has 0 radical (unpaired) electrons. The quantitative estimate of drug-likeness (QED) is 0.909. The fourth-order valence-electron chi connectivity index (χ4n) is 1.65. The van der Waals surface area contributed by atoms with Crippen molar-refractivity contribution in [3.8, 4) is 0 Å². The van der Waals surface area contributed by atoms with E-state index in [1.807, 2.05) is 6.92 Å². The molecule has 1 aromatic carbocycles. The average molecular weight is 296 g/mol. The summed E-state index contributed by atoms with van der Waals surface area (Å²) in [5.74, 6) is 0. The van der Waals surface area contributed by atoms with Gasteiger partial charge in [-0.2, -0.15) is 13.2 Å². The minimum Gasteiger partial charge on any atom is -0.393 e. The van der Waals surface area contributed by atoms with E-state index in [1.165, 1.54) is 12.1 Å². The molecule has 0 fully saturated rings. The van der Waals surface area contributed by atoms with Gasteiger partial charge in [0.15, 0.2) is 0 Å². The first-order chi connectivity index (χ1) is 8.68. The first kappa shape index (κ1) is 16.0. The number of benzene rings is 1. The molecule has 0 aromatic heterocycles. The highest BCUT2D eigenvalue weighted by Crippen LogP contribution is 2.30. The molecule has 1 aromatic rings. The van der Waals surface area contributed by atoms with Crippen molar-refractivity contribution in [1.29, 1.82) is 0 Å². The minimum atomic E-state index is -5.30. The second kappa shape index (κ2) is 5.92. The maximum absolute atomic E-state index is 12.3. The Morgan fingerprint density at radius 1 is 1.21 bits per heavy atom. The molecule has 1 N–H and O–H groups in total. The number of rotatable bonds is 5. The van der Waals surface area contributed by atoms with Gasteiger partial charge in [-0.05, 0) is 30.5 Å². The monoisotopic (exact) mass is 296 g/mol. The van der Waals surface area contributed by atoms with Crippen LogP contribution in [0, 0.1) is 0 Å². The fourth-order valence-corrected chi connectivity index (χ4v) is 2.41. The van der Waals surface area contributed by atoms with Crippen LogP contribution in [-0.4, -0.2) is 25.1 Å². The van der Waals surface area contributed by atoms with Gasteiger partial charge in [-0.25, -0.2) is 8.42 Å². The van der Waals surface area contributed by atoms with E-state index in [1.54, 1.807) is 0 Å². The number of hydrogen-bond acceptors (Lipinski definition) is 3. The Labute approximate surface area is 110 Å². The maximum atomic E-state index is 12.3. The molecule has 108 valence electrons. The number of aliphatic hydroxyl groups excluding tert-OH is 1. The molecule has 3 nitrogen and oxygen atoms in total. The van der Waals surface area contributed by atoms with Crippen LogP contribution in [0.2, 0.25) is 0 Å². The van der Waals surface area contributed by atoms with E-state index >= 15 is 0 Å². The molecule has 0 aliphatic rings. The van der Waals surface area contributed by atoms with Gasteiger partial charge < -0.3 is 5.11 Å². The van der Waals surface area contributed by atoms with Crippen molar-refractivity contribution in [2.24, 2.45) is 0 Å². The standard InChI is InChI=1S/C12H15F3O3S/c1-2-3-10(16)8-9-4-6-11(7-5-9)19(17,18)12(13,14)15/h4-7,10,16H,2-3,8H2,1H3. The molecule has 0 spiro atoms. The van der Waals surface area contributed by atoms with Gasteiger partial charge in [-0.15, -0.1) is 0 Å². The molecule has 1 unspecified atom stereocenters. The fraction of sp³-hybridized carbons (Fsp3) is 0.500. The first-order valence-electron chi connectivity index (χ1n) is 5.77. The average Bonchev–Trinajstić information content (AvgIpc) is 2.28. The third kappa shape index (κ3) is 3.94. The Bertz CT molecular complexity index is 506. The van der Waals surface area contributed by atoms with Crippen molar-refractivity contribution in [1.82, 2.24) is 0 Å². The van der Waals surface area contributed by atoms with Crippen molar-refractivity contribution in [3.05, 3.63) is 29.8 Å². The van der Waals surface area contributed by atoms with Crippen molar-refractivity contribution in [2.75, 3.05) is 0 Å². The molecular formula is C12H15F3O3S. The van der Waals surface area contributed by atoms with Gasteiger partial charge in [0.25, 0.3) is 9.84 Å². The van der Waals surface area contributed by atoms with Crippen molar-refractivity contribution >= 4 is 9.84 Å². The van der Waals surface area contributed by atoms with Crippen molar-refractivity contribution in [2.45, 2.75) is 42.7 Å². The normalized spacial score (nSPS) is 14.4. The lowest BCUT2D eigenvalue weighted by Gasteiger charge is -2.11. The number of aliphatic hydroxyl groups is 1. The molecule has 0 amide bonds. The highest BCUT2D eigenvalue weighted by atomic mass is 32.2. The zero-order valence-corrected chi connectivity index (χ0v) is 11.1. The Morgan fingerprint density at radius 3 is 2.16 bits per heavy atom. The van der Waals surface area contributed by atoms with E-state index in [0.717, 1.165) is 18.6 Å². The van der Waals surface area contributed by atoms with Crippen LogP contribution in [-0.2, 0) is 16.3 Å². The van der Waals surface area contributed by atoms with Crippen LogP contribution in [0.1, 0.15) is 25.3 Å². The molecule has 1 atom stereocenters. The predicted molar refractivity (Wildman–Crippen MR) is 64.3 cm³/mol. The largest absolute Gasteiger partial charge is 0.501 e. The lowest BCUT2D eigenvalue weighted by Crippen LogP contribution is -2.23. The molecule has 0 saturated heterocycles. The lowest BCUT2D eigenvalue weighted by atomic mass is 10.1. The third-order valence-electron chi connectivity index (χ3n) is 2.63. The summed E-state index contributed by atoms with van der Waals surface area (Å²) < 4.78 is 59.1. The van der Waals surface area contributed by atoms with Crippen LogP contribution in [0.4, 0.5) is 13.2 Å².